The van der Waals surface area contributed by atoms with Crippen LogP contribution in [0.3, 0.4) is 0 Å². The summed E-state index contributed by atoms with van der Waals surface area (Å²) < 4.78 is 55.3. The molecule has 0 fully saturated rings. The molecule has 27 heavy (non-hydrogen) atoms. The molecule has 0 aliphatic heterocycles. The second kappa shape index (κ2) is 8.58. The monoisotopic (exact) mass is 404 g/mol. The maximum atomic E-state index is 13.8. The van der Waals surface area contributed by atoms with E-state index in [2.05, 4.69) is 10.1 Å². The van der Waals surface area contributed by atoms with Gasteiger partial charge in [0.15, 0.2) is 0 Å². The topological polar surface area (TPSA) is 41.6 Å². The van der Waals surface area contributed by atoms with Crippen molar-refractivity contribution in [2.75, 3.05) is 12.4 Å². The first kappa shape index (κ1) is 21.0. The van der Waals surface area contributed by atoms with Crippen molar-refractivity contribution in [2.45, 2.75) is 25.9 Å². The molecule has 0 aliphatic rings. The molecule has 2 rings (SSSR count). The average molecular weight is 405 g/mol. The SMILES string of the molecule is CC(C(=O)Nc1ccc(Cl)cc1F)N(C)Cc1ccccc1OC(F)(F)F. The fourth-order valence-corrected chi connectivity index (χ4v) is 2.45. The van der Waals surface area contributed by atoms with Gasteiger partial charge in [0.25, 0.3) is 0 Å². The van der Waals surface area contributed by atoms with Gasteiger partial charge in [0.05, 0.1) is 11.7 Å². The first-order chi connectivity index (χ1) is 12.6. The van der Waals surface area contributed by atoms with Crippen LogP contribution in [0.5, 0.6) is 5.75 Å². The number of alkyl halides is 3. The Balaban J connectivity index is 2.07. The normalized spacial score (nSPS) is 12.7. The zero-order chi connectivity index (χ0) is 20.2. The van der Waals surface area contributed by atoms with Crippen molar-refractivity contribution in [3.05, 3.63) is 58.9 Å². The Morgan fingerprint density at radius 2 is 1.93 bits per heavy atom. The van der Waals surface area contributed by atoms with Crippen LogP contribution in [-0.4, -0.2) is 30.3 Å². The molecular weight excluding hydrogens is 388 g/mol. The Kier molecular flexibility index (Phi) is 6.67. The number of likely N-dealkylation sites (N-methyl/N-ethyl adjacent to an activating group) is 1. The lowest BCUT2D eigenvalue weighted by atomic mass is 10.1. The molecule has 0 spiro atoms. The number of carbonyl (C=O) groups is 1. The van der Waals surface area contributed by atoms with Gasteiger partial charge in [-0.15, -0.1) is 13.2 Å². The third-order valence-electron chi connectivity index (χ3n) is 3.85. The van der Waals surface area contributed by atoms with Crippen LogP contribution < -0.4 is 10.1 Å². The molecule has 1 N–H and O–H groups in total. The largest absolute Gasteiger partial charge is 0.573 e. The minimum absolute atomic E-state index is 0.0178. The van der Waals surface area contributed by atoms with E-state index in [1.54, 1.807) is 20.0 Å². The van der Waals surface area contributed by atoms with E-state index in [-0.39, 0.29) is 28.6 Å². The van der Waals surface area contributed by atoms with Crippen molar-refractivity contribution in [3.8, 4) is 5.75 Å². The third kappa shape index (κ3) is 6.11. The van der Waals surface area contributed by atoms with Crippen LogP contribution >= 0.6 is 11.6 Å². The van der Waals surface area contributed by atoms with Crippen molar-refractivity contribution in [1.82, 2.24) is 4.90 Å². The molecule has 1 atom stereocenters. The van der Waals surface area contributed by atoms with Gasteiger partial charge in [0, 0.05) is 17.1 Å². The van der Waals surface area contributed by atoms with E-state index in [0.717, 1.165) is 6.07 Å². The number of hydrogen-bond acceptors (Lipinski definition) is 3. The highest BCUT2D eigenvalue weighted by Crippen LogP contribution is 2.27. The lowest BCUT2D eigenvalue weighted by molar-refractivity contribution is -0.275. The van der Waals surface area contributed by atoms with Gasteiger partial charge in [-0.3, -0.25) is 9.69 Å². The molecule has 4 nitrogen and oxygen atoms in total. The Morgan fingerprint density at radius 3 is 2.56 bits per heavy atom. The third-order valence-corrected chi connectivity index (χ3v) is 4.08. The summed E-state index contributed by atoms with van der Waals surface area (Å²) >= 11 is 5.66. The number of nitrogens with one attached hydrogen (secondary N) is 1. The predicted molar refractivity (Wildman–Crippen MR) is 94.1 cm³/mol. The summed E-state index contributed by atoms with van der Waals surface area (Å²) in [6, 6.07) is 8.74. The molecule has 0 heterocycles. The summed E-state index contributed by atoms with van der Waals surface area (Å²) in [5.41, 5.74) is 0.222. The van der Waals surface area contributed by atoms with E-state index in [1.165, 1.54) is 35.2 Å². The summed E-state index contributed by atoms with van der Waals surface area (Å²) in [5, 5.41) is 2.62. The first-order valence-electron chi connectivity index (χ1n) is 7.86. The molecule has 0 aliphatic carbocycles. The molecular formula is C18H17ClF4N2O2. The highest BCUT2D eigenvalue weighted by molar-refractivity contribution is 6.30. The summed E-state index contributed by atoms with van der Waals surface area (Å²) in [6.45, 7) is 1.57. The summed E-state index contributed by atoms with van der Waals surface area (Å²) in [4.78, 5) is 13.8. The van der Waals surface area contributed by atoms with Gasteiger partial charge in [0.2, 0.25) is 5.91 Å². The number of anilines is 1. The minimum atomic E-state index is -4.82. The molecule has 2 aromatic rings. The number of rotatable bonds is 6. The van der Waals surface area contributed by atoms with E-state index in [0.29, 0.717) is 0 Å². The van der Waals surface area contributed by atoms with Gasteiger partial charge in [-0.2, -0.15) is 0 Å². The fraction of sp³-hybridized carbons (Fsp3) is 0.278. The van der Waals surface area contributed by atoms with Gasteiger partial charge in [0.1, 0.15) is 11.6 Å². The van der Waals surface area contributed by atoms with Crippen LogP contribution in [0.15, 0.2) is 42.5 Å². The maximum absolute atomic E-state index is 13.8. The number of carbonyl (C=O) groups excluding carboxylic acids is 1. The number of nitrogens with zero attached hydrogens (tertiary/aromatic N) is 1. The number of halogens is 5. The molecule has 1 amide bonds. The van der Waals surface area contributed by atoms with Crippen LogP contribution in [0.25, 0.3) is 0 Å². The predicted octanol–water partition coefficient (Wildman–Crippen LogP) is 4.84. The van der Waals surface area contributed by atoms with Gasteiger partial charge in [-0.1, -0.05) is 29.8 Å². The van der Waals surface area contributed by atoms with Crippen molar-refractivity contribution in [1.29, 1.82) is 0 Å². The van der Waals surface area contributed by atoms with Crippen LogP contribution in [0.1, 0.15) is 12.5 Å². The zero-order valence-corrected chi connectivity index (χ0v) is 15.2. The van der Waals surface area contributed by atoms with Crippen molar-refractivity contribution in [2.24, 2.45) is 0 Å². The molecule has 9 heteroatoms. The molecule has 0 radical (unpaired) electrons. The van der Waals surface area contributed by atoms with Crippen LogP contribution in [0.4, 0.5) is 23.2 Å². The van der Waals surface area contributed by atoms with Gasteiger partial charge in [-0.05, 0) is 38.2 Å². The number of hydrogen-bond donors (Lipinski definition) is 1. The smallest absolute Gasteiger partial charge is 0.405 e. The van der Waals surface area contributed by atoms with Crippen LogP contribution in [0, 0.1) is 5.82 Å². The van der Waals surface area contributed by atoms with E-state index in [4.69, 9.17) is 11.6 Å². The Hall–Kier alpha value is -2.32. The van der Waals surface area contributed by atoms with E-state index in [1.807, 2.05) is 0 Å². The van der Waals surface area contributed by atoms with Crippen LogP contribution in [-0.2, 0) is 11.3 Å². The Bertz CT molecular complexity index is 814. The zero-order valence-electron chi connectivity index (χ0n) is 14.5. The van der Waals surface area contributed by atoms with E-state index < -0.39 is 24.1 Å². The maximum Gasteiger partial charge on any atom is 0.573 e. The highest BCUT2D eigenvalue weighted by atomic mass is 35.5. The Morgan fingerprint density at radius 1 is 1.26 bits per heavy atom. The molecule has 146 valence electrons. The molecule has 0 bridgehead atoms. The number of ether oxygens (including phenoxy) is 1. The lowest BCUT2D eigenvalue weighted by Crippen LogP contribution is -2.39. The quantitative estimate of drug-likeness (QED) is 0.701. The fourth-order valence-electron chi connectivity index (χ4n) is 2.29. The van der Waals surface area contributed by atoms with Crippen molar-refractivity contribution >= 4 is 23.2 Å². The summed E-state index contributed by atoms with van der Waals surface area (Å²) in [6.07, 6.45) is -4.82. The molecule has 2 aromatic carbocycles. The van der Waals surface area contributed by atoms with Gasteiger partial charge >= 0.3 is 6.36 Å². The van der Waals surface area contributed by atoms with Crippen molar-refractivity contribution < 1.29 is 27.1 Å². The second-order valence-corrected chi connectivity index (χ2v) is 6.30. The molecule has 0 aromatic heterocycles. The molecule has 0 saturated heterocycles. The standard InChI is InChI=1S/C18H17ClF4N2O2/c1-11(17(26)24-15-8-7-13(19)9-14(15)20)25(2)10-12-5-3-4-6-16(12)27-18(21,22)23/h3-9,11H,10H2,1-2H3,(H,24,26). The average Bonchev–Trinajstić information content (AvgIpc) is 2.57. The van der Waals surface area contributed by atoms with Gasteiger partial charge < -0.3 is 10.1 Å². The summed E-state index contributed by atoms with van der Waals surface area (Å²) in [5.74, 6) is -1.55. The highest BCUT2D eigenvalue weighted by Gasteiger charge is 2.32. The summed E-state index contributed by atoms with van der Waals surface area (Å²) in [7, 11) is 1.56. The van der Waals surface area contributed by atoms with E-state index >= 15 is 0 Å². The number of para-hydroxylation sites is 1. The van der Waals surface area contributed by atoms with Crippen LogP contribution in [0.2, 0.25) is 5.02 Å². The van der Waals surface area contributed by atoms with Gasteiger partial charge in [-0.25, -0.2) is 4.39 Å². The lowest BCUT2D eigenvalue weighted by Gasteiger charge is -2.25. The Labute approximate surface area is 158 Å². The number of amides is 1. The van der Waals surface area contributed by atoms with E-state index in [9.17, 15) is 22.4 Å². The number of benzene rings is 2. The minimum Gasteiger partial charge on any atom is -0.405 e. The van der Waals surface area contributed by atoms with Crippen molar-refractivity contribution in [3.63, 3.8) is 0 Å². The second-order valence-electron chi connectivity index (χ2n) is 5.86. The molecule has 0 saturated carbocycles. The first-order valence-corrected chi connectivity index (χ1v) is 8.24. The molecule has 1 unspecified atom stereocenters.